The molecule has 1 unspecified atom stereocenters. The Labute approximate surface area is 169 Å². The van der Waals surface area contributed by atoms with Gasteiger partial charge in [0.1, 0.15) is 12.2 Å². The van der Waals surface area contributed by atoms with Crippen molar-refractivity contribution in [2.75, 3.05) is 26.2 Å². The number of fused-ring (bicyclic) bond motifs is 1. The van der Waals surface area contributed by atoms with Gasteiger partial charge in [0, 0.05) is 18.3 Å². The fourth-order valence-corrected chi connectivity index (χ4v) is 4.55. The quantitative estimate of drug-likeness (QED) is 0.515. The number of ether oxygens (including phenoxy) is 1. The van der Waals surface area contributed by atoms with Crippen molar-refractivity contribution in [3.63, 3.8) is 0 Å². The fraction of sp³-hybridized carbons (Fsp3) is 0.500. The highest BCUT2D eigenvalue weighted by Crippen LogP contribution is 2.35. The molecule has 0 spiro atoms. The first-order valence-corrected chi connectivity index (χ1v) is 10.2. The molecule has 3 aromatic heterocycles. The van der Waals surface area contributed by atoms with Crippen molar-refractivity contribution in [3.8, 4) is 5.88 Å². The third kappa shape index (κ3) is 4.40. The van der Waals surface area contributed by atoms with Gasteiger partial charge < -0.3 is 4.74 Å². The van der Waals surface area contributed by atoms with E-state index < -0.39 is 12.5 Å². The lowest BCUT2D eigenvalue weighted by atomic mass is 9.96. The minimum atomic E-state index is -2.66. The summed E-state index contributed by atoms with van der Waals surface area (Å²) < 4.78 is 33.9. The molecule has 3 aromatic rings. The summed E-state index contributed by atoms with van der Waals surface area (Å²) in [6.07, 6.45) is 2.50. The summed E-state index contributed by atoms with van der Waals surface area (Å²) in [5, 5.41) is 7.09. The first kappa shape index (κ1) is 19.8. The van der Waals surface area contributed by atoms with Crippen LogP contribution in [0.15, 0.2) is 35.2 Å². The Balaban J connectivity index is 1.34. The Bertz CT molecular complexity index is 957. The molecular weight excluding hydrogens is 402 g/mol. The van der Waals surface area contributed by atoms with Crippen LogP contribution in [0.4, 0.5) is 8.78 Å². The number of hydrogen-bond acceptors (Lipinski definition) is 8. The van der Waals surface area contributed by atoms with E-state index in [0.717, 1.165) is 29.8 Å². The van der Waals surface area contributed by atoms with Crippen LogP contribution in [-0.2, 0) is 0 Å². The van der Waals surface area contributed by atoms with Crippen LogP contribution in [-0.4, -0.2) is 50.7 Å². The number of rotatable bonds is 8. The summed E-state index contributed by atoms with van der Waals surface area (Å²) >= 11 is 1.16. The van der Waals surface area contributed by atoms with Crippen LogP contribution in [0.25, 0.3) is 5.65 Å². The summed E-state index contributed by atoms with van der Waals surface area (Å²) in [4.78, 5) is 21.6. The second kappa shape index (κ2) is 8.87. The van der Waals surface area contributed by atoms with Gasteiger partial charge in [0.2, 0.25) is 5.88 Å². The van der Waals surface area contributed by atoms with E-state index in [1.54, 1.807) is 29.0 Å². The van der Waals surface area contributed by atoms with Crippen LogP contribution in [0.3, 0.4) is 0 Å². The van der Waals surface area contributed by atoms with E-state index >= 15 is 0 Å². The Morgan fingerprint density at radius 2 is 2.14 bits per heavy atom. The van der Waals surface area contributed by atoms with Gasteiger partial charge in [0.05, 0.1) is 29.2 Å². The number of hydrogen-bond donors (Lipinski definition) is 0. The number of alkyl halides is 2. The number of piperidine rings is 1. The van der Waals surface area contributed by atoms with E-state index in [-0.39, 0.29) is 12.2 Å². The van der Waals surface area contributed by atoms with Gasteiger partial charge in [-0.1, -0.05) is 5.18 Å². The number of likely N-dealkylation sites (tertiary alicyclic amines) is 1. The average molecular weight is 422 g/mol. The van der Waals surface area contributed by atoms with Crippen LogP contribution in [0.1, 0.15) is 35.9 Å². The van der Waals surface area contributed by atoms with E-state index in [2.05, 4.69) is 20.2 Å². The van der Waals surface area contributed by atoms with Crippen molar-refractivity contribution in [2.24, 2.45) is 11.1 Å². The summed E-state index contributed by atoms with van der Waals surface area (Å²) in [5.41, 5.74) is 1.89. The molecule has 8 nitrogen and oxygen atoms in total. The number of thiazole rings is 1. The normalized spacial score (nSPS) is 17.1. The Morgan fingerprint density at radius 1 is 1.31 bits per heavy atom. The Morgan fingerprint density at radius 3 is 2.90 bits per heavy atom. The third-order valence-electron chi connectivity index (χ3n) is 5.17. The monoisotopic (exact) mass is 422 g/mol. The lowest BCUT2D eigenvalue weighted by Gasteiger charge is -2.36. The van der Waals surface area contributed by atoms with Gasteiger partial charge in [-0.25, -0.2) is 18.3 Å². The van der Waals surface area contributed by atoms with Crippen LogP contribution >= 0.6 is 11.3 Å². The molecule has 11 heteroatoms. The SMILES string of the molecule is O=NCC(c1scnc1C(F)F)N1CCC(COc2ccn3nccc3n2)CC1. The molecule has 0 aromatic carbocycles. The van der Waals surface area contributed by atoms with Gasteiger partial charge in [-0.15, -0.1) is 11.3 Å². The van der Waals surface area contributed by atoms with Crippen molar-refractivity contribution in [1.82, 2.24) is 24.5 Å². The summed E-state index contributed by atoms with van der Waals surface area (Å²) in [7, 11) is 0. The second-order valence-corrected chi connectivity index (χ2v) is 7.81. The van der Waals surface area contributed by atoms with Gasteiger partial charge in [0.25, 0.3) is 6.43 Å². The van der Waals surface area contributed by atoms with Crippen LogP contribution in [0.5, 0.6) is 5.88 Å². The Kier molecular flexibility index (Phi) is 6.05. The molecule has 29 heavy (non-hydrogen) atoms. The minimum absolute atomic E-state index is 0.0572. The topological polar surface area (TPSA) is 85.0 Å². The molecule has 1 atom stereocenters. The van der Waals surface area contributed by atoms with Gasteiger partial charge in [-0.05, 0) is 31.8 Å². The summed E-state index contributed by atoms with van der Waals surface area (Å²) in [6, 6.07) is 3.13. The van der Waals surface area contributed by atoms with Crippen molar-refractivity contribution in [2.45, 2.75) is 25.3 Å². The maximum Gasteiger partial charge on any atom is 0.281 e. The zero-order valence-corrected chi connectivity index (χ0v) is 16.3. The standard InChI is InChI=1S/C18H20F2N6O2S/c19-18(20)16-17(29-11-21-16)13(9-23-27)25-6-2-12(3-7-25)10-28-15-4-8-26-14(24-15)1-5-22-26/h1,4-5,8,11-13,18H,2-3,6-7,9-10H2. The molecular formula is C18H20F2N6O2S. The maximum atomic E-state index is 13.2. The highest BCUT2D eigenvalue weighted by molar-refractivity contribution is 7.09. The van der Waals surface area contributed by atoms with Gasteiger partial charge in [0.15, 0.2) is 5.65 Å². The van der Waals surface area contributed by atoms with Gasteiger partial charge in [-0.2, -0.15) is 15.0 Å². The van der Waals surface area contributed by atoms with Gasteiger partial charge >= 0.3 is 0 Å². The molecule has 0 N–H and O–H groups in total. The van der Waals surface area contributed by atoms with Crippen LogP contribution in [0, 0.1) is 10.8 Å². The minimum Gasteiger partial charge on any atom is -0.477 e. The zero-order valence-electron chi connectivity index (χ0n) is 15.5. The molecule has 0 aliphatic carbocycles. The van der Waals surface area contributed by atoms with E-state index in [4.69, 9.17) is 4.74 Å². The van der Waals surface area contributed by atoms with Crippen molar-refractivity contribution in [3.05, 3.63) is 45.5 Å². The molecule has 0 radical (unpaired) electrons. The van der Waals surface area contributed by atoms with Crippen molar-refractivity contribution in [1.29, 1.82) is 0 Å². The van der Waals surface area contributed by atoms with Crippen molar-refractivity contribution < 1.29 is 13.5 Å². The fourth-order valence-electron chi connectivity index (χ4n) is 3.62. The van der Waals surface area contributed by atoms with E-state index in [1.165, 1.54) is 5.51 Å². The van der Waals surface area contributed by atoms with E-state index in [1.807, 2.05) is 4.90 Å². The molecule has 4 rings (SSSR count). The highest BCUT2D eigenvalue weighted by atomic mass is 32.1. The molecule has 1 saturated heterocycles. The zero-order chi connectivity index (χ0) is 20.2. The molecule has 154 valence electrons. The lowest BCUT2D eigenvalue weighted by Crippen LogP contribution is -2.39. The molecule has 1 fully saturated rings. The lowest BCUT2D eigenvalue weighted by molar-refractivity contribution is 0.104. The number of halogens is 2. The van der Waals surface area contributed by atoms with Crippen molar-refractivity contribution >= 4 is 17.0 Å². The predicted molar refractivity (Wildman–Crippen MR) is 103 cm³/mol. The number of nitrogens with zero attached hydrogens (tertiary/aromatic N) is 6. The molecule has 0 amide bonds. The molecule has 0 saturated carbocycles. The van der Waals surface area contributed by atoms with E-state index in [0.29, 0.717) is 36.4 Å². The molecule has 1 aliphatic heterocycles. The third-order valence-corrected chi connectivity index (χ3v) is 6.12. The van der Waals surface area contributed by atoms with Crippen LogP contribution < -0.4 is 4.74 Å². The maximum absolute atomic E-state index is 13.2. The largest absolute Gasteiger partial charge is 0.477 e. The second-order valence-electron chi connectivity index (χ2n) is 6.92. The van der Waals surface area contributed by atoms with Gasteiger partial charge in [-0.3, -0.25) is 4.90 Å². The first-order chi connectivity index (χ1) is 14.2. The van der Waals surface area contributed by atoms with E-state index in [9.17, 15) is 13.7 Å². The number of aromatic nitrogens is 4. The highest BCUT2D eigenvalue weighted by Gasteiger charge is 2.31. The van der Waals surface area contributed by atoms with Crippen LogP contribution in [0.2, 0.25) is 0 Å². The smallest absolute Gasteiger partial charge is 0.281 e. The summed E-state index contributed by atoms with van der Waals surface area (Å²) in [6.45, 7) is 1.84. The first-order valence-electron chi connectivity index (χ1n) is 9.33. The molecule has 4 heterocycles. The predicted octanol–water partition coefficient (Wildman–Crippen LogP) is 3.72. The number of nitroso groups, excluding NO2 is 1. The molecule has 0 bridgehead atoms. The molecule has 1 aliphatic rings. The Hall–Kier alpha value is -2.53. The average Bonchev–Trinajstić information content (AvgIpc) is 3.40. The summed E-state index contributed by atoms with van der Waals surface area (Å²) in [5.74, 6) is 0.879.